The second kappa shape index (κ2) is 5.57. The van der Waals surface area contributed by atoms with Crippen molar-refractivity contribution >= 4 is 22.5 Å². The summed E-state index contributed by atoms with van der Waals surface area (Å²) in [6.07, 6.45) is 1.61. The smallest absolute Gasteiger partial charge is 0.243 e. The number of anilines is 1. The van der Waals surface area contributed by atoms with Gasteiger partial charge in [-0.1, -0.05) is 18.2 Å². The van der Waals surface area contributed by atoms with Gasteiger partial charge in [-0.05, 0) is 12.1 Å². The van der Waals surface area contributed by atoms with E-state index in [1.807, 2.05) is 30.3 Å². The Morgan fingerprint density at radius 2 is 2.28 bits per heavy atom. The van der Waals surface area contributed by atoms with E-state index in [2.05, 4.69) is 10.3 Å². The number of ether oxygens (including phenoxy) is 1. The Morgan fingerprint density at radius 3 is 3.06 bits per heavy atom. The molecule has 18 heavy (non-hydrogen) atoms. The molecule has 0 spiro atoms. The quantitative estimate of drug-likeness (QED) is 0.847. The molecule has 0 saturated carbocycles. The highest BCUT2D eigenvalue weighted by molar-refractivity contribution is 5.96. The largest absolute Gasteiger partial charge is 0.383 e. The highest BCUT2D eigenvalue weighted by Gasteiger charge is 2.13. The number of hydrogen-bond donors (Lipinski definition) is 2. The van der Waals surface area contributed by atoms with Gasteiger partial charge >= 0.3 is 0 Å². The van der Waals surface area contributed by atoms with Crippen LogP contribution < -0.4 is 11.1 Å². The summed E-state index contributed by atoms with van der Waals surface area (Å²) < 4.78 is 4.83. The maximum Gasteiger partial charge on any atom is 0.243 e. The minimum atomic E-state index is -0.679. The van der Waals surface area contributed by atoms with Crippen LogP contribution in [0.3, 0.4) is 0 Å². The molecular formula is C13H15N3O2. The second-order valence-electron chi connectivity index (χ2n) is 3.97. The molecule has 2 rings (SSSR count). The molecule has 5 heteroatoms. The lowest BCUT2D eigenvalue weighted by molar-refractivity contribution is -0.118. The van der Waals surface area contributed by atoms with Crippen molar-refractivity contribution in [1.82, 2.24) is 4.98 Å². The lowest BCUT2D eigenvalue weighted by Crippen LogP contribution is -2.39. The number of rotatable bonds is 4. The van der Waals surface area contributed by atoms with Gasteiger partial charge in [-0.2, -0.15) is 0 Å². The molecule has 0 aliphatic heterocycles. The highest BCUT2D eigenvalue weighted by atomic mass is 16.5. The van der Waals surface area contributed by atoms with E-state index in [4.69, 9.17) is 10.5 Å². The number of nitrogens with one attached hydrogen (secondary N) is 1. The predicted molar refractivity (Wildman–Crippen MR) is 70.2 cm³/mol. The normalized spacial score (nSPS) is 12.3. The van der Waals surface area contributed by atoms with E-state index in [-0.39, 0.29) is 12.5 Å². The number of benzene rings is 1. The summed E-state index contributed by atoms with van der Waals surface area (Å²) in [5, 5.41) is 3.68. The molecule has 1 amide bonds. The summed E-state index contributed by atoms with van der Waals surface area (Å²) in [5.74, 6) is -0.283. The molecule has 0 aliphatic rings. The topological polar surface area (TPSA) is 77.2 Å². The van der Waals surface area contributed by atoms with Gasteiger partial charge in [0, 0.05) is 12.5 Å². The first-order chi connectivity index (χ1) is 8.70. The Labute approximate surface area is 105 Å². The molecule has 3 N–H and O–H groups in total. The van der Waals surface area contributed by atoms with Crippen LogP contribution in [0.4, 0.5) is 5.69 Å². The zero-order valence-electron chi connectivity index (χ0n) is 10.1. The Bertz CT molecular complexity index is 557. The second-order valence-corrected chi connectivity index (χ2v) is 3.97. The van der Waals surface area contributed by atoms with E-state index in [0.717, 1.165) is 10.9 Å². The van der Waals surface area contributed by atoms with Crippen molar-refractivity contribution in [3.8, 4) is 0 Å². The molecule has 1 aromatic heterocycles. The number of fused-ring (bicyclic) bond motifs is 1. The van der Waals surface area contributed by atoms with Crippen LogP contribution in [-0.2, 0) is 9.53 Å². The zero-order valence-corrected chi connectivity index (χ0v) is 10.1. The average molecular weight is 245 g/mol. The summed E-state index contributed by atoms with van der Waals surface area (Å²) in [4.78, 5) is 15.9. The predicted octanol–water partition coefficient (Wildman–Crippen LogP) is 1.15. The van der Waals surface area contributed by atoms with Crippen LogP contribution in [0.5, 0.6) is 0 Å². The Morgan fingerprint density at radius 1 is 1.50 bits per heavy atom. The van der Waals surface area contributed by atoms with E-state index in [1.165, 1.54) is 7.11 Å². The first kappa shape index (κ1) is 12.5. The van der Waals surface area contributed by atoms with Crippen LogP contribution in [0, 0.1) is 0 Å². The average Bonchev–Trinajstić information content (AvgIpc) is 2.39. The number of hydrogen-bond acceptors (Lipinski definition) is 4. The van der Waals surface area contributed by atoms with Crippen molar-refractivity contribution in [2.45, 2.75) is 6.04 Å². The van der Waals surface area contributed by atoms with E-state index in [1.54, 1.807) is 6.20 Å². The van der Waals surface area contributed by atoms with Gasteiger partial charge in [0.05, 0.1) is 24.0 Å². The monoisotopic (exact) mass is 245 g/mol. The maximum atomic E-state index is 11.7. The molecule has 0 saturated heterocycles. The van der Waals surface area contributed by atoms with Crippen LogP contribution in [0.1, 0.15) is 0 Å². The SMILES string of the molecule is COCC(N)C(=O)Nc1cnc2ccccc2c1. The molecule has 94 valence electrons. The molecule has 0 fully saturated rings. The molecule has 5 nitrogen and oxygen atoms in total. The van der Waals surface area contributed by atoms with Gasteiger partial charge in [0.1, 0.15) is 6.04 Å². The fourth-order valence-electron chi connectivity index (χ4n) is 1.63. The zero-order chi connectivity index (χ0) is 13.0. The first-order valence-corrected chi connectivity index (χ1v) is 5.61. The Hall–Kier alpha value is -1.98. The third-order valence-corrected chi connectivity index (χ3v) is 2.54. The van der Waals surface area contributed by atoms with Gasteiger partial charge in [-0.15, -0.1) is 0 Å². The third-order valence-electron chi connectivity index (χ3n) is 2.54. The van der Waals surface area contributed by atoms with Gasteiger partial charge in [0.2, 0.25) is 5.91 Å². The molecule has 1 atom stereocenters. The van der Waals surface area contributed by atoms with Crippen LogP contribution in [0.15, 0.2) is 36.5 Å². The van der Waals surface area contributed by atoms with Crippen molar-refractivity contribution in [2.24, 2.45) is 5.73 Å². The summed E-state index contributed by atoms with van der Waals surface area (Å²) in [6.45, 7) is 0.187. The Balaban J connectivity index is 2.14. The van der Waals surface area contributed by atoms with Gasteiger partial charge in [-0.25, -0.2) is 0 Å². The van der Waals surface area contributed by atoms with Gasteiger partial charge in [-0.3, -0.25) is 9.78 Å². The number of carbonyl (C=O) groups excluding carboxylic acids is 1. The number of carbonyl (C=O) groups is 1. The standard InChI is InChI=1S/C13H15N3O2/c1-18-8-11(14)13(17)16-10-6-9-4-2-3-5-12(9)15-7-10/h2-7,11H,8,14H2,1H3,(H,16,17). The van der Waals surface area contributed by atoms with Gasteiger partial charge in [0.25, 0.3) is 0 Å². The summed E-state index contributed by atoms with van der Waals surface area (Å²) in [5.41, 5.74) is 7.15. The minimum Gasteiger partial charge on any atom is -0.383 e. The van der Waals surface area contributed by atoms with Crippen molar-refractivity contribution in [2.75, 3.05) is 19.0 Å². The Kier molecular flexibility index (Phi) is 3.86. The maximum absolute atomic E-state index is 11.7. The van der Waals surface area contributed by atoms with E-state index < -0.39 is 6.04 Å². The third kappa shape index (κ3) is 2.82. The number of amides is 1. The highest BCUT2D eigenvalue weighted by Crippen LogP contribution is 2.15. The van der Waals surface area contributed by atoms with Crippen LogP contribution in [0.25, 0.3) is 10.9 Å². The fourth-order valence-corrected chi connectivity index (χ4v) is 1.63. The van der Waals surface area contributed by atoms with E-state index in [9.17, 15) is 4.79 Å². The van der Waals surface area contributed by atoms with Crippen LogP contribution in [-0.4, -0.2) is 30.6 Å². The lowest BCUT2D eigenvalue weighted by Gasteiger charge is -2.11. The number of nitrogens with two attached hydrogens (primary N) is 1. The van der Waals surface area contributed by atoms with Crippen molar-refractivity contribution in [1.29, 1.82) is 0 Å². The van der Waals surface area contributed by atoms with Gasteiger partial charge < -0.3 is 15.8 Å². The fraction of sp³-hybridized carbons (Fsp3) is 0.231. The van der Waals surface area contributed by atoms with Crippen LogP contribution >= 0.6 is 0 Å². The van der Waals surface area contributed by atoms with Crippen molar-refractivity contribution in [3.05, 3.63) is 36.5 Å². The van der Waals surface area contributed by atoms with E-state index >= 15 is 0 Å². The first-order valence-electron chi connectivity index (χ1n) is 5.61. The number of pyridine rings is 1. The van der Waals surface area contributed by atoms with Crippen molar-refractivity contribution < 1.29 is 9.53 Å². The number of aromatic nitrogens is 1. The molecule has 2 aromatic rings. The van der Waals surface area contributed by atoms with Gasteiger partial charge in [0.15, 0.2) is 0 Å². The molecule has 0 bridgehead atoms. The molecule has 1 heterocycles. The lowest BCUT2D eigenvalue weighted by atomic mass is 10.2. The van der Waals surface area contributed by atoms with Crippen LogP contribution in [0.2, 0.25) is 0 Å². The molecule has 0 aliphatic carbocycles. The summed E-state index contributed by atoms with van der Waals surface area (Å²) >= 11 is 0. The minimum absolute atomic E-state index is 0.187. The molecule has 0 radical (unpaired) electrons. The summed E-state index contributed by atoms with van der Waals surface area (Å²) in [7, 11) is 1.50. The van der Waals surface area contributed by atoms with E-state index in [0.29, 0.717) is 5.69 Å². The number of para-hydroxylation sites is 1. The molecular weight excluding hydrogens is 230 g/mol. The molecule has 1 unspecified atom stereocenters. The summed E-state index contributed by atoms with van der Waals surface area (Å²) in [6, 6.07) is 8.88. The number of nitrogens with zero attached hydrogens (tertiary/aromatic N) is 1. The molecule has 1 aromatic carbocycles. The van der Waals surface area contributed by atoms with Crippen molar-refractivity contribution in [3.63, 3.8) is 0 Å². The number of methoxy groups -OCH3 is 1.